The molecule has 1 nitrogen and oxygen atoms in total. The van der Waals surface area contributed by atoms with Gasteiger partial charge in [0.2, 0.25) is 0 Å². The molecule has 0 fully saturated rings. The summed E-state index contributed by atoms with van der Waals surface area (Å²) in [5, 5.41) is 3.44. The third-order valence-corrected chi connectivity index (χ3v) is 5.32. The number of pyridine rings is 1. The fraction of sp³-hybridized carbons (Fsp3) is 0.167. The Hall–Kier alpha value is -1.22. The zero-order valence-corrected chi connectivity index (χ0v) is 14.7. The monoisotopic (exact) mass is 347 g/mol. The number of aryl methyl sites for hydroxylation is 2. The van der Waals surface area contributed by atoms with Crippen molar-refractivity contribution in [2.75, 3.05) is 0 Å². The number of halogens is 2. The van der Waals surface area contributed by atoms with Gasteiger partial charge in [-0.3, -0.25) is 0 Å². The van der Waals surface area contributed by atoms with Gasteiger partial charge in [0.05, 0.1) is 20.6 Å². The lowest BCUT2D eigenvalue weighted by Crippen LogP contribution is -1.90. The molecule has 1 heterocycles. The van der Waals surface area contributed by atoms with Crippen LogP contribution in [-0.2, 0) is 5.75 Å². The highest BCUT2D eigenvalue weighted by Gasteiger charge is 2.06. The van der Waals surface area contributed by atoms with E-state index in [1.54, 1.807) is 11.8 Å². The number of hydrogen-bond acceptors (Lipinski definition) is 2. The molecule has 0 spiro atoms. The van der Waals surface area contributed by atoms with Gasteiger partial charge in [-0.2, -0.15) is 0 Å². The van der Waals surface area contributed by atoms with Gasteiger partial charge >= 0.3 is 0 Å². The van der Waals surface area contributed by atoms with Gasteiger partial charge in [0.15, 0.2) is 0 Å². The van der Waals surface area contributed by atoms with Crippen LogP contribution >= 0.6 is 35.0 Å². The molecule has 4 heteroatoms. The van der Waals surface area contributed by atoms with E-state index in [1.807, 2.05) is 18.2 Å². The molecule has 0 radical (unpaired) electrons. The summed E-state index contributed by atoms with van der Waals surface area (Å²) in [7, 11) is 0. The molecule has 0 saturated carbocycles. The highest BCUT2D eigenvalue weighted by atomic mass is 35.5. The summed E-state index contributed by atoms with van der Waals surface area (Å²) in [5.74, 6) is 0.820. The normalized spacial score (nSPS) is 11.1. The van der Waals surface area contributed by atoms with Crippen molar-refractivity contribution in [3.05, 3.63) is 69.2 Å². The van der Waals surface area contributed by atoms with Crippen LogP contribution < -0.4 is 0 Å². The Balaban J connectivity index is 1.87. The number of fused-ring (bicyclic) bond motifs is 1. The lowest BCUT2D eigenvalue weighted by atomic mass is 10.1. The number of nitrogens with zero attached hydrogens (tertiary/aromatic N) is 1. The van der Waals surface area contributed by atoms with Gasteiger partial charge < -0.3 is 0 Å². The maximum atomic E-state index is 6.06. The molecule has 3 aromatic rings. The average Bonchev–Trinajstić information content (AvgIpc) is 2.50. The quantitative estimate of drug-likeness (QED) is 0.504. The molecule has 0 unspecified atom stereocenters. The minimum atomic E-state index is 0.589. The molecule has 0 amide bonds. The largest absolute Gasteiger partial charge is 0.241 e. The first-order valence-electron chi connectivity index (χ1n) is 6.98. The van der Waals surface area contributed by atoms with E-state index in [1.165, 1.54) is 16.5 Å². The summed E-state index contributed by atoms with van der Waals surface area (Å²) in [6.45, 7) is 4.23. The van der Waals surface area contributed by atoms with E-state index in [2.05, 4.69) is 38.1 Å². The number of benzene rings is 2. The zero-order valence-electron chi connectivity index (χ0n) is 12.4. The molecule has 3 rings (SSSR count). The van der Waals surface area contributed by atoms with Crippen LogP contribution in [0.4, 0.5) is 0 Å². The highest BCUT2D eigenvalue weighted by Crippen LogP contribution is 2.29. The Kier molecular flexibility index (Phi) is 4.62. The molecular weight excluding hydrogens is 333 g/mol. The van der Waals surface area contributed by atoms with Crippen LogP contribution in [-0.4, -0.2) is 4.98 Å². The first-order chi connectivity index (χ1) is 10.5. The van der Waals surface area contributed by atoms with Gasteiger partial charge in [-0.15, -0.1) is 11.8 Å². The highest BCUT2D eigenvalue weighted by molar-refractivity contribution is 7.98. The average molecular weight is 348 g/mol. The van der Waals surface area contributed by atoms with E-state index in [4.69, 9.17) is 28.2 Å². The summed E-state index contributed by atoms with van der Waals surface area (Å²) in [6.07, 6.45) is 0. The number of aromatic nitrogens is 1. The molecule has 2 aromatic carbocycles. The summed E-state index contributed by atoms with van der Waals surface area (Å²) in [6, 6.07) is 14.2. The number of para-hydroxylation sites is 1. The summed E-state index contributed by atoms with van der Waals surface area (Å²) in [5.41, 5.74) is 4.69. The van der Waals surface area contributed by atoms with Crippen LogP contribution in [0.25, 0.3) is 10.9 Å². The van der Waals surface area contributed by atoms with Gasteiger partial charge in [0.1, 0.15) is 0 Å². The molecule has 1 aromatic heterocycles. The van der Waals surface area contributed by atoms with E-state index >= 15 is 0 Å². The SMILES string of the molecule is Cc1cc(SCc2ccc(Cl)c(Cl)c2)nc2c(C)cccc12. The Morgan fingerprint density at radius 1 is 0.955 bits per heavy atom. The van der Waals surface area contributed by atoms with Gasteiger partial charge in [0.25, 0.3) is 0 Å². The molecular formula is C18H15Cl2NS. The van der Waals surface area contributed by atoms with Crippen molar-refractivity contribution in [2.45, 2.75) is 24.6 Å². The van der Waals surface area contributed by atoms with Crippen molar-refractivity contribution in [1.29, 1.82) is 0 Å². The lowest BCUT2D eigenvalue weighted by molar-refractivity contribution is 1.15. The second kappa shape index (κ2) is 6.49. The summed E-state index contributed by atoms with van der Waals surface area (Å²) < 4.78 is 0. The molecule has 112 valence electrons. The first kappa shape index (κ1) is 15.7. The summed E-state index contributed by atoms with van der Waals surface area (Å²) in [4.78, 5) is 4.79. The van der Waals surface area contributed by atoms with E-state index in [0.29, 0.717) is 10.0 Å². The van der Waals surface area contributed by atoms with Gasteiger partial charge in [-0.1, -0.05) is 47.5 Å². The minimum Gasteiger partial charge on any atom is -0.241 e. The molecule has 0 aliphatic rings. The smallest absolute Gasteiger partial charge is 0.0973 e. The fourth-order valence-electron chi connectivity index (χ4n) is 2.39. The second-order valence-electron chi connectivity index (χ2n) is 5.29. The van der Waals surface area contributed by atoms with Gasteiger partial charge in [-0.05, 0) is 48.7 Å². The van der Waals surface area contributed by atoms with Crippen LogP contribution in [0.2, 0.25) is 10.0 Å². The van der Waals surface area contributed by atoms with Gasteiger partial charge in [-0.25, -0.2) is 4.98 Å². The molecule has 0 saturated heterocycles. The van der Waals surface area contributed by atoms with E-state index in [0.717, 1.165) is 21.9 Å². The second-order valence-corrected chi connectivity index (χ2v) is 7.10. The third-order valence-electron chi connectivity index (χ3n) is 3.60. The Morgan fingerprint density at radius 3 is 2.55 bits per heavy atom. The van der Waals surface area contributed by atoms with Crippen LogP contribution in [0.5, 0.6) is 0 Å². The first-order valence-corrected chi connectivity index (χ1v) is 8.72. The van der Waals surface area contributed by atoms with Crippen molar-refractivity contribution in [3.8, 4) is 0 Å². The van der Waals surface area contributed by atoms with E-state index < -0.39 is 0 Å². The molecule has 0 N–H and O–H groups in total. The molecule has 0 aliphatic carbocycles. The van der Waals surface area contributed by atoms with Crippen molar-refractivity contribution >= 4 is 45.9 Å². The van der Waals surface area contributed by atoms with E-state index in [9.17, 15) is 0 Å². The van der Waals surface area contributed by atoms with Gasteiger partial charge in [0, 0.05) is 11.1 Å². The predicted molar refractivity (Wildman–Crippen MR) is 97.2 cm³/mol. The van der Waals surface area contributed by atoms with Crippen molar-refractivity contribution < 1.29 is 0 Å². The van der Waals surface area contributed by atoms with Crippen LogP contribution in [0.1, 0.15) is 16.7 Å². The number of hydrogen-bond donors (Lipinski definition) is 0. The zero-order chi connectivity index (χ0) is 15.7. The van der Waals surface area contributed by atoms with Crippen LogP contribution in [0.15, 0.2) is 47.5 Å². The Bertz CT molecular complexity index is 846. The maximum absolute atomic E-state index is 6.06. The van der Waals surface area contributed by atoms with E-state index in [-0.39, 0.29) is 0 Å². The van der Waals surface area contributed by atoms with Crippen molar-refractivity contribution in [1.82, 2.24) is 4.98 Å². The topological polar surface area (TPSA) is 12.9 Å². The number of rotatable bonds is 3. The molecule has 22 heavy (non-hydrogen) atoms. The summed E-state index contributed by atoms with van der Waals surface area (Å²) >= 11 is 13.7. The maximum Gasteiger partial charge on any atom is 0.0973 e. The third kappa shape index (κ3) is 3.24. The van der Waals surface area contributed by atoms with Crippen molar-refractivity contribution in [3.63, 3.8) is 0 Å². The Labute approximate surface area is 144 Å². The number of thioether (sulfide) groups is 1. The van der Waals surface area contributed by atoms with Crippen LogP contribution in [0.3, 0.4) is 0 Å². The molecule has 0 atom stereocenters. The minimum absolute atomic E-state index is 0.589. The predicted octanol–water partition coefficient (Wildman–Crippen LogP) is 6.45. The van der Waals surface area contributed by atoms with Crippen LogP contribution in [0, 0.1) is 13.8 Å². The molecule has 0 aliphatic heterocycles. The lowest BCUT2D eigenvalue weighted by Gasteiger charge is -2.08. The fourth-order valence-corrected chi connectivity index (χ4v) is 3.62. The molecule has 0 bridgehead atoms. The standard InChI is InChI=1S/C18H15Cl2NS/c1-11-4-3-5-14-12(2)8-17(21-18(11)14)22-10-13-6-7-15(19)16(20)9-13/h3-9H,10H2,1-2H3. The Morgan fingerprint density at radius 2 is 1.77 bits per heavy atom. The van der Waals surface area contributed by atoms with Crippen molar-refractivity contribution in [2.24, 2.45) is 0 Å².